The summed E-state index contributed by atoms with van der Waals surface area (Å²) in [7, 11) is 0. The molecular formula is C26H31N5O7. The number of ether oxygens (including phenoxy) is 1. The zero-order chi connectivity index (χ0) is 27.2. The highest BCUT2D eigenvalue weighted by atomic mass is 16.5. The zero-order valence-corrected chi connectivity index (χ0v) is 20.8. The molecule has 12 heteroatoms. The fraction of sp³-hybridized carbons (Fsp3) is 0.423. The predicted molar refractivity (Wildman–Crippen MR) is 134 cm³/mol. The first-order valence-electron chi connectivity index (χ1n) is 12.4. The third-order valence-corrected chi connectivity index (χ3v) is 6.63. The number of aliphatic hydroxyl groups is 1. The highest BCUT2D eigenvalue weighted by molar-refractivity contribution is 5.98. The number of aromatic hydroxyl groups is 1. The van der Waals surface area contributed by atoms with E-state index in [-0.39, 0.29) is 24.3 Å². The molecule has 2 fully saturated rings. The summed E-state index contributed by atoms with van der Waals surface area (Å²) in [4.78, 5) is 56.2. The second-order valence-electron chi connectivity index (χ2n) is 9.44. The van der Waals surface area contributed by atoms with E-state index < -0.39 is 60.0 Å². The molecular weight excluding hydrogens is 494 g/mol. The number of benzene rings is 1. The molecule has 4 amide bonds. The van der Waals surface area contributed by atoms with Crippen molar-refractivity contribution >= 4 is 23.6 Å². The number of aliphatic hydroxyl groups excluding tert-OH is 1. The van der Waals surface area contributed by atoms with Gasteiger partial charge in [0.25, 0.3) is 5.91 Å². The molecule has 2 aliphatic heterocycles. The number of rotatable bonds is 5. The molecule has 38 heavy (non-hydrogen) atoms. The van der Waals surface area contributed by atoms with Crippen molar-refractivity contribution in [3.63, 3.8) is 0 Å². The van der Waals surface area contributed by atoms with Gasteiger partial charge in [0.15, 0.2) is 5.69 Å². The molecule has 1 aromatic heterocycles. The molecule has 3 heterocycles. The van der Waals surface area contributed by atoms with Gasteiger partial charge in [-0.25, -0.2) is 4.98 Å². The number of nitrogens with one attached hydrogen (secondary N) is 4. The molecule has 6 atom stereocenters. The molecule has 2 saturated heterocycles. The fourth-order valence-electron chi connectivity index (χ4n) is 4.43. The maximum atomic E-state index is 13.5. The monoisotopic (exact) mass is 525 g/mol. The van der Waals surface area contributed by atoms with E-state index in [0.717, 1.165) is 5.56 Å². The zero-order valence-electron chi connectivity index (χ0n) is 20.8. The normalized spacial score (nSPS) is 28.4. The lowest BCUT2D eigenvalue weighted by Gasteiger charge is -2.36. The van der Waals surface area contributed by atoms with Crippen molar-refractivity contribution in [1.82, 2.24) is 26.3 Å². The minimum atomic E-state index is -1.31. The fourth-order valence-corrected chi connectivity index (χ4v) is 4.43. The van der Waals surface area contributed by atoms with Gasteiger partial charge < -0.3 is 36.2 Å². The summed E-state index contributed by atoms with van der Waals surface area (Å²) in [5.74, 6) is -3.07. The maximum absolute atomic E-state index is 13.5. The van der Waals surface area contributed by atoms with Crippen LogP contribution in [0.3, 0.4) is 0 Å². The average Bonchev–Trinajstić information content (AvgIpc) is 2.85. The highest BCUT2D eigenvalue weighted by Gasteiger charge is 2.39. The van der Waals surface area contributed by atoms with Crippen LogP contribution in [0.4, 0.5) is 0 Å². The lowest BCUT2D eigenvalue weighted by molar-refractivity contribution is -0.142. The largest absolute Gasteiger partial charge is 0.505 e. The minimum Gasteiger partial charge on any atom is -0.505 e. The van der Waals surface area contributed by atoms with Crippen molar-refractivity contribution in [1.29, 1.82) is 0 Å². The Morgan fingerprint density at radius 2 is 1.82 bits per heavy atom. The van der Waals surface area contributed by atoms with Crippen LogP contribution in [-0.2, 0) is 25.5 Å². The van der Waals surface area contributed by atoms with Crippen molar-refractivity contribution in [2.24, 2.45) is 0 Å². The summed E-state index contributed by atoms with van der Waals surface area (Å²) in [6, 6.07) is 7.65. The molecule has 4 rings (SSSR count). The minimum absolute atomic E-state index is 0.207. The quantitative estimate of drug-likeness (QED) is 0.292. The Bertz CT molecular complexity index is 1170. The van der Waals surface area contributed by atoms with Crippen molar-refractivity contribution < 1.29 is 34.1 Å². The summed E-state index contributed by atoms with van der Waals surface area (Å²) >= 11 is 0. The van der Waals surface area contributed by atoms with E-state index in [1.165, 1.54) is 25.3 Å². The van der Waals surface area contributed by atoms with Gasteiger partial charge in [0.1, 0.15) is 17.8 Å². The van der Waals surface area contributed by atoms with Crippen LogP contribution in [0.5, 0.6) is 5.75 Å². The highest BCUT2D eigenvalue weighted by Crippen LogP contribution is 2.18. The SMILES string of the molecule is C[C@H]1NC(=O)C(C2CCO2)NC(=O)C[C@H](O)[C@H](Cc2ccccc2)NC(=O)[C@H]1NC(=O)c1ncccc1O. The van der Waals surface area contributed by atoms with E-state index in [9.17, 15) is 29.4 Å². The van der Waals surface area contributed by atoms with Gasteiger partial charge >= 0.3 is 0 Å². The molecule has 0 spiro atoms. The molecule has 0 aliphatic carbocycles. The van der Waals surface area contributed by atoms with Crippen LogP contribution in [0.15, 0.2) is 48.7 Å². The smallest absolute Gasteiger partial charge is 0.274 e. The van der Waals surface area contributed by atoms with Gasteiger partial charge in [-0.3, -0.25) is 19.2 Å². The van der Waals surface area contributed by atoms with Crippen molar-refractivity contribution in [2.45, 2.75) is 62.6 Å². The Hall–Kier alpha value is -4.03. The topological polar surface area (TPSA) is 179 Å². The Kier molecular flexibility index (Phi) is 8.54. The molecule has 2 unspecified atom stereocenters. The van der Waals surface area contributed by atoms with E-state index in [4.69, 9.17) is 4.74 Å². The Morgan fingerprint density at radius 3 is 2.47 bits per heavy atom. The molecule has 2 aliphatic rings. The summed E-state index contributed by atoms with van der Waals surface area (Å²) in [6.45, 7) is 1.96. The number of amides is 4. The number of pyridine rings is 1. The number of carbonyl (C=O) groups excluding carboxylic acids is 4. The lowest BCUT2D eigenvalue weighted by Crippen LogP contribution is -2.65. The average molecular weight is 526 g/mol. The molecule has 1 aromatic carbocycles. The molecule has 12 nitrogen and oxygen atoms in total. The Morgan fingerprint density at radius 1 is 1.08 bits per heavy atom. The van der Waals surface area contributed by atoms with Crippen molar-refractivity contribution in [3.8, 4) is 5.75 Å². The van der Waals surface area contributed by atoms with Gasteiger partial charge in [-0.15, -0.1) is 0 Å². The lowest BCUT2D eigenvalue weighted by atomic mass is 9.96. The first-order valence-corrected chi connectivity index (χ1v) is 12.4. The van der Waals surface area contributed by atoms with Gasteiger partial charge in [0.05, 0.1) is 30.7 Å². The Balaban J connectivity index is 1.64. The van der Waals surface area contributed by atoms with Gasteiger partial charge in [-0.2, -0.15) is 0 Å². The first kappa shape index (κ1) is 27.0. The van der Waals surface area contributed by atoms with Gasteiger partial charge in [0.2, 0.25) is 17.7 Å². The van der Waals surface area contributed by atoms with E-state index in [0.29, 0.717) is 13.0 Å². The Labute approximate surface area is 219 Å². The van der Waals surface area contributed by atoms with Crippen LogP contribution in [-0.4, -0.2) is 81.8 Å². The van der Waals surface area contributed by atoms with Crippen molar-refractivity contribution in [3.05, 3.63) is 59.9 Å². The standard InChI is InChI=1S/C26H31N5O7/c1-14-21(31-25(36)22-17(32)8-5-10-27-22)24(35)29-16(12-15-6-3-2-4-7-15)18(33)13-20(34)30-23(26(37)28-14)19-9-11-38-19/h2-8,10,14,16,18-19,21,23,32-33H,9,11-13H2,1H3,(H,28,37)(H,29,35)(H,30,34)(H,31,36)/t14-,16+,18+,19?,21+,23?/m1/s1. The number of aromatic nitrogens is 1. The summed E-state index contributed by atoms with van der Waals surface area (Å²) < 4.78 is 5.44. The second kappa shape index (κ2) is 12.0. The number of nitrogens with zero attached hydrogens (tertiary/aromatic N) is 1. The molecule has 0 radical (unpaired) electrons. The van der Waals surface area contributed by atoms with Gasteiger partial charge in [-0.05, 0) is 37.5 Å². The number of carbonyl (C=O) groups is 4. The van der Waals surface area contributed by atoms with E-state index in [1.807, 2.05) is 30.3 Å². The number of hydrogen-bond acceptors (Lipinski definition) is 8. The summed E-state index contributed by atoms with van der Waals surface area (Å²) in [6.07, 6.45) is -0.152. The van der Waals surface area contributed by atoms with Crippen LogP contribution in [0.1, 0.15) is 35.8 Å². The van der Waals surface area contributed by atoms with Gasteiger partial charge in [-0.1, -0.05) is 30.3 Å². The van der Waals surface area contributed by atoms with E-state index >= 15 is 0 Å². The third-order valence-electron chi connectivity index (χ3n) is 6.63. The molecule has 202 valence electrons. The van der Waals surface area contributed by atoms with Crippen molar-refractivity contribution in [2.75, 3.05) is 6.61 Å². The number of hydrogen-bond donors (Lipinski definition) is 6. The second-order valence-corrected chi connectivity index (χ2v) is 9.44. The predicted octanol–water partition coefficient (Wildman–Crippen LogP) is -0.844. The van der Waals surface area contributed by atoms with Crippen LogP contribution >= 0.6 is 0 Å². The molecule has 6 N–H and O–H groups in total. The third kappa shape index (κ3) is 6.45. The van der Waals surface area contributed by atoms with Gasteiger partial charge in [0, 0.05) is 12.8 Å². The molecule has 0 saturated carbocycles. The van der Waals surface area contributed by atoms with Crippen LogP contribution in [0, 0.1) is 0 Å². The van der Waals surface area contributed by atoms with Crippen LogP contribution in [0.25, 0.3) is 0 Å². The van der Waals surface area contributed by atoms with Crippen LogP contribution in [0.2, 0.25) is 0 Å². The van der Waals surface area contributed by atoms with Crippen LogP contribution < -0.4 is 21.3 Å². The first-order chi connectivity index (χ1) is 18.2. The summed E-state index contributed by atoms with van der Waals surface area (Å²) in [5, 5.41) is 31.6. The van der Waals surface area contributed by atoms with E-state index in [2.05, 4.69) is 26.3 Å². The molecule has 2 aromatic rings. The van der Waals surface area contributed by atoms with E-state index in [1.54, 1.807) is 0 Å². The maximum Gasteiger partial charge on any atom is 0.274 e. The molecule has 0 bridgehead atoms. The summed E-state index contributed by atoms with van der Waals surface area (Å²) in [5.41, 5.74) is 0.518.